The van der Waals surface area contributed by atoms with E-state index in [2.05, 4.69) is 0 Å². The summed E-state index contributed by atoms with van der Waals surface area (Å²) in [5, 5.41) is 18.5. The summed E-state index contributed by atoms with van der Waals surface area (Å²) in [5.74, 6) is -3.06. The van der Waals surface area contributed by atoms with Crippen molar-refractivity contribution in [3.8, 4) is 0 Å². The Labute approximate surface area is 146 Å². The maximum absolute atomic E-state index is 11.3. The second-order valence-electron chi connectivity index (χ2n) is 4.40. The quantitative estimate of drug-likeness (QED) is 0.597. The molecule has 0 heterocycles. The van der Waals surface area contributed by atoms with Gasteiger partial charge < -0.3 is 10.2 Å². The molecule has 0 aliphatic carbocycles. The summed E-state index contributed by atoms with van der Waals surface area (Å²) < 4.78 is 0. The van der Waals surface area contributed by atoms with Crippen LogP contribution in [0, 0.1) is 11.3 Å². The van der Waals surface area contributed by atoms with Crippen molar-refractivity contribution >= 4 is 60.8 Å². The van der Waals surface area contributed by atoms with Crippen LogP contribution in [-0.4, -0.2) is 71.0 Å². The number of carboxylic acid groups (broad SMARTS) is 2. The van der Waals surface area contributed by atoms with E-state index in [4.69, 9.17) is 0 Å². The summed E-state index contributed by atoms with van der Waals surface area (Å²) in [6.07, 6.45) is -0.00380. The van der Waals surface area contributed by atoms with E-state index < -0.39 is 23.3 Å². The van der Waals surface area contributed by atoms with Crippen molar-refractivity contribution < 1.29 is 19.8 Å². The molecule has 0 saturated heterocycles. The molecule has 0 saturated carbocycles. The average Bonchev–Trinajstić information content (AvgIpc) is 2.25. The molecular formula is C13H18BaO4. The zero-order chi connectivity index (χ0) is 13.1. The van der Waals surface area contributed by atoms with Crippen molar-refractivity contribution in [3.63, 3.8) is 0 Å². The Morgan fingerprint density at radius 3 is 1.89 bits per heavy atom. The van der Waals surface area contributed by atoms with Crippen molar-refractivity contribution in [2.45, 2.75) is 20.3 Å². The Balaban J connectivity index is 0.00000289. The zero-order valence-corrected chi connectivity index (χ0v) is 9.88. The predicted octanol–water partition coefficient (Wildman–Crippen LogP) is 1.12. The van der Waals surface area contributed by atoms with E-state index >= 15 is 0 Å². The van der Waals surface area contributed by atoms with Crippen molar-refractivity contribution in [1.82, 2.24) is 0 Å². The molecule has 2 N–H and O–H groups in total. The van der Waals surface area contributed by atoms with E-state index in [1.54, 1.807) is 38.1 Å². The maximum atomic E-state index is 11.3. The van der Waals surface area contributed by atoms with Crippen LogP contribution in [0.5, 0.6) is 0 Å². The molecule has 0 fully saturated rings. The molecule has 1 rings (SSSR count). The minimum atomic E-state index is -1.76. The molecule has 0 atom stereocenters. The van der Waals surface area contributed by atoms with Gasteiger partial charge in [-0.15, -0.1) is 0 Å². The number of carbonyl (C=O) groups is 2. The summed E-state index contributed by atoms with van der Waals surface area (Å²) >= 11 is 0. The van der Waals surface area contributed by atoms with Crippen LogP contribution >= 0.6 is 0 Å². The van der Waals surface area contributed by atoms with Gasteiger partial charge in [0.15, 0.2) is 5.41 Å². The van der Waals surface area contributed by atoms with Gasteiger partial charge in [0.2, 0.25) is 0 Å². The van der Waals surface area contributed by atoms with Gasteiger partial charge in [-0.05, 0) is 17.9 Å². The van der Waals surface area contributed by atoms with Crippen molar-refractivity contribution in [2.24, 2.45) is 11.3 Å². The average molecular weight is 376 g/mol. The predicted molar refractivity (Wildman–Crippen MR) is 71.2 cm³/mol. The van der Waals surface area contributed by atoms with Gasteiger partial charge in [-0.25, -0.2) is 0 Å². The molecule has 1 aromatic rings. The number of aliphatic carboxylic acids is 2. The van der Waals surface area contributed by atoms with E-state index in [9.17, 15) is 19.8 Å². The normalized spacial score (nSPS) is 10.8. The van der Waals surface area contributed by atoms with Crippen LogP contribution in [0.2, 0.25) is 0 Å². The molecule has 0 aliphatic heterocycles. The molecule has 96 valence electrons. The third-order valence-corrected chi connectivity index (χ3v) is 3.07. The van der Waals surface area contributed by atoms with Crippen LogP contribution in [0.3, 0.4) is 0 Å². The van der Waals surface area contributed by atoms with Crippen LogP contribution in [0.4, 0.5) is 0 Å². The molecule has 0 amide bonds. The molecule has 0 aliphatic rings. The first-order valence-corrected chi connectivity index (χ1v) is 5.42. The Kier molecular flexibility index (Phi) is 7.24. The van der Waals surface area contributed by atoms with Crippen molar-refractivity contribution in [1.29, 1.82) is 0 Å². The second-order valence-corrected chi connectivity index (χ2v) is 4.40. The van der Waals surface area contributed by atoms with E-state index in [-0.39, 0.29) is 55.3 Å². The first-order chi connectivity index (χ1) is 7.91. The van der Waals surface area contributed by atoms with Gasteiger partial charge in [-0.3, -0.25) is 9.59 Å². The third-order valence-electron chi connectivity index (χ3n) is 3.07. The fraction of sp³-hybridized carbons (Fsp3) is 0.385. The van der Waals surface area contributed by atoms with Gasteiger partial charge in [0.05, 0.1) is 0 Å². The van der Waals surface area contributed by atoms with Crippen LogP contribution in [0.25, 0.3) is 0 Å². The summed E-state index contributed by atoms with van der Waals surface area (Å²) in [4.78, 5) is 22.7. The molecule has 0 spiro atoms. The fourth-order valence-electron chi connectivity index (χ4n) is 1.86. The SMILES string of the molecule is CC(C)C(Cc1ccccc1)(C(=O)O)C(=O)O.[BaH2]. The standard InChI is InChI=1S/C13H16O4.Ba.2H/c1-9(2)13(11(14)15,12(16)17)8-10-6-4-3-5-7-10;;;/h3-7,9H,8H2,1-2H3,(H,14,15)(H,16,17);;;. The fourth-order valence-corrected chi connectivity index (χ4v) is 1.86. The zero-order valence-electron chi connectivity index (χ0n) is 9.88. The molecule has 0 bridgehead atoms. The Bertz CT molecular complexity index is 400. The van der Waals surface area contributed by atoms with Crippen molar-refractivity contribution in [3.05, 3.63) is 35.9 Å². The first-order valence-electron chi connectivity index (χ1n) is 5.42. The van der Waals surface area contributed by atoms with Gasteiger partial charge in [0, 0.05) is 0 Å². The summed E-state index contributed by atoms with van der Waals surface area (Å²) in [7, 11) is 0. The summed E-state index contributed by atoms with van der Waals surface area (Å²) in [6, 6.07) is 8.82. The van der Waals surface area contributed by atoms with Gasteiger partial charge in [0.1, 0.15) is 0 Å². The topological polar surface area (TPSA) is 74.6 Å². The number of hydrogen-bond donors (Lipinski definition) is 2. The van der Waals surface area contributed by atoms with Gasteiger partial charge in [-0.1, -0.05) is 44.2 Å². The second kappa shape index (κ2) is 7.35. The van der Waals surface area contributed by atoms with E-state index in [1.807, 2.05) is 6.07 Å². The molecule has 18 heavy (non-hydrogen) atoms. The van der Waals surface area contributed by atoms with Gasteiger partial charge in [-0.2, -0.15) is 0 Å². The van der Waals surface area contributed by atoms with Crippen LogP contribution in [-0.2, 0) is 16.0 Å². The number of benzene rings is 1. The van der Waals surface area contributed by atoms with E-state index in [1.165, 1.54) is 0 Å². The van der Waals surface area contributed by atoms with Gasteiger partial charge in [0.25, 0.3) is 0 Å². The monoisotopic (exact) mass is 376 g/mol. The van der Waals surface area contributed by atoms with Gasteiger partial charge >= 0.3 is 60.8 Å². The Morgan fingerprint density at radius 1 is 1.11 bits per heavy atom. The van der Waals surface area contributed by atoms with Crippen LogP contribution in [0.15, 0.2) is 30.3 Å². The van der Waals surface area contributed by atoms with E-state index in [0.717, 1.165) is 0 Å². The minimum absolute atomic E-state index is 0. The molecule has 4 nitrogen and oxygen atoms in total. The Hall–Kier alpha value is -0.269. The summed E-state index contributed by atoms with van der Waals surface area (Å²) in [5.41, 5.74) is -1.05. The van der Waals surface area contributed by atoms with E-state index in [0.29, 0.717) is 5.56 Å². The Morgan fingerprint density at radius 2 is 1.56 bits per heavy atom. The molecule has 0 unspecified atom stereocenters. The summed E-state index contributed by atoms with van der Waals surface area (Å²) in [6.45, 7) is 3.23. The number of rotatable bonds is 5. The van der Waals surface area contributed by atoms with Crippen molar-refractivity contribution in [2.75, 3.05) is 0 Å². The van der Waals surface area contributed by atoms with Crippen LogP contribution < -0.4 is 0 Å². The molecule has 0 radical (unpaired) electrons. The number of hydrogen-bond acceptors (Lipinski definition) is 2. The molecule has 0 aromatic heterocycles. The number of carboxylic acids is 2. The first kappa shape index (κ1) is 17.7. The van der Waals surface area contributed by atoms with Crippen LogP contribution in [0.1, 0.15) is 19.4 Å². The molecule has 1 aromatic carbocycles. The molecule has 5 heteroatoms. The molecular weight excluding hydrogens is 357 g/mol. The third kappa shape index (κ3) is 3.61.